The Morgan fingerprint density at radius 3 is 2.34 bits per heavy atom. The highest BCUT2D eigenvalue weighted by atomic mass is 19.4. The molecule has 1 heterocycles. The molecule has 0 spiro atoms. The summed E-state index contributed by atoms with van der Waals surface area (Å²) in [7, 11) is 0. The number of esters is 1. The first-order valence-electron chi connectivity index (χ1n) is 10.0. The third-order valence-corrected chi connectivity index (χ3v) is 5.07. The Labute approximate surface area is 183 Å². The first-order chi connectivity index (χ1) is 15.1. The van der Waals surface area contributed by atoms with Crippen molar-refractivity contribution < 1.29 is 27.5 Å². The fourth-order valence-corrected chi connectivity index (χ4v) is 3.68. The minimum atomic E-state index is -4.51. The lowest BCUT2D eigenvalue weighted by atomic mass is 10.1. The summed E-state index contributed by atoms with van der Waals surface area (Å²) in [6.45, 7) is 5.22. The summed E-state index contributed by atoms with van der Waals surface area (Å²) in [4.78, 5) is 25.3. The number of nitrogens with one attached hydrogen (secondary N) is 1. The van der Waals surface area contributed by atoms with E-state index in [0.29, 0.717) is 22.5 Å². The van der Waals surface area contributed by atoms with E-state index < -0.39 is 23.6 Å². The third kappa shape index (κ3) is 4.85. The van der Waals surface area contributed by atoms with Gasteiger partial charge in [0, 0.05) is 11.4 Å². The van der Waals surface area contributed by atoms with E-state index >= 15 is 0 Å². The number of halogens is 3. The van der Waals surface area contributed by atoms with Crippen molar-refractivity contribution in [3.8, 4) is 11.3 Å². The minimum Gasteiger partial charge on any atom is -0.462 e. The summed E-state index contributed by atoms with van der Waals surface area (Å²) in [5.41, 5.74) is 2.24. The molecule has 0 fully saturated rings. The maximum Gasteiger partial charge on any atom is 0.416 e. The zero-order valence-corrected chi connectivity index (χ0v) is 17.9. The van der Waals surface area contributed by atoms with Crippen molar-refractivity contribution in [2.75, 3.05) is 11.9 Å². The number of hydrogen-bond acceptors (Lipinski definition) is 3. The van der Waals surface area contributed by atoms with E-state index in [0.717, 1.165) is 17.7 Å². The highest BCUT2D eigenvalue weighted by Gasteiger charge is 2.30. The molecule has 1 aromatic heterocycles. The largest absolute Gasteiger partial charge is 0.462 e. The Morgan fingerprint density at radius 1 is 1.03 bits per heavy atom. The second-order valence-electron chi connectivity index (χ2n) is 7.23. The SMILES string of the molecule is CCOC(=O)c1c(C)c(-c2ccccc2)n(CC(=O)Nc2cccc(C(F)(F)F)c2)c1C. The van der Waals surface area contributed by atoms with Gasteiger partial charge in [-0.05, 0) is 50.1 Å². The van der Waals surface area contributed by atoms with Gasteiger partial charge in [0.25, 0.3) is 0 Å². The normalized spacial score (nSPS) is 11.3. The third-order valence-electron chi connectivity index (χ3n) is 5.07. The van der Waals surface area contributed by atoms with Gasteiger partial charge in [-0.15, -0.1) is 0 Å². The number of alkyl halides is 3. The quantitative estimate of drug-likeness (QED) is 0.503. The molecule has 1 amide bonds. The molecule has 0 aliphatic heterocycles. The van der Waals surface area contributed by atoms with Gasteiger partial charge in [0.15, 0.2) is 0 Å². The van der Waals surface area contributed by atoms with Crippen LogP contribution in [0.3, 0.4) is 0 Å². The maximum atomic E-state index is 13.0. The van der Waals surface area contributed by atoms with Gasteiger partial charge in [-0.25, -0.2) is 4.79 Å². The predicted octanol–water partition coefficient (Wildman–Crippen LogP) is 5.61. The Bertz CT molecular complexity index is 1140. The van der Waals surface area contributed by atoms with Gasteiger partial charge in [0.2, 0.25) is 5.91 Å². The van der Waals surface area contributed by atoms with Crippen LogP contribution in [0.1, 0.15) is 34.1 Å². The summed E-state index contributed by atoms with van der Waals surface area (Å²) in [5.74, 6) is -1.01. The van der Waals surface area contributed by atoms with Crippen LogP contribution in [0.5, 0.6) is 0 Å². The first kappa shape index (κ1) is 23.1. The number of nitrogens with zero attached hydrogens (tertiary/aromatic N) is 1. The van der Waals surface area contributed by atoms with Crippen LogP contribution in [0, 0.1) is 13.8 Å². The van der Waals surface area contributed by atoms with Crippen LogP contribution in [0.15, 0.2) is 54.6 Å². The lowest BCUT2D eigenvalue weighted by Gasteiger charge is -2.14. The molecule has 0 radical (unpaired) electrons. The standard InChI is InChI=1S/C24H23F3N2O3/c1-4-32-23(31)21-15(2)22(17-9-6-5-7-10-17)29(16(21)3)14-20(30)28-19-12-8-11-18(13-19)24(25,26)27/h5-13H,4,14H2,1-3H3,(H,28,30). The van der Waals surface area contributed by atoms with E-state index in [1.54, 1.807) is 25.3 Å². The van der Waals surface area contributed by atoms with E-state index in [2.05, 4.69) is 5.32 Å². The zero-order chi connectivity index (χ0) is 23.5. The fraction of sp³-hybridized carbons (Fsp3) is 0.250. The van der Waals surface area contributed by atoms with Crippen molar-refractivity contribution in [3.63, 3.8) is 0 Å². The van der Waals surface area contributed by atoms with Gasteiger partial charge < -0.3 is 14.6 Å². The molecule has 3 aromatic rings. The second-order valence-corrected chi connectivity index (χ2v) is 7.23. The number of carbonyl (C=O) groups excluding carboxylic acids is 2. The number of rotatable bonds is 6. The summed E-state index contributed by atoms with van der Waals surface area (Å²) in [6.07, 6.45) is -4.51. The van der Waals surface area contributed by atoms with E-state index in [1.165, 1.54) is 12.1 Å². The minimum absolute atomic E-state index is 0.0400. The van der Waals surface area contributed by atoms with Crippen molar-refractivity contribution >= 4 is 17.6 Å². The fourth-order valence-electron chi connectivity index (χ4n) is 3.68. The number of hydrogen-bond donors (Lipinski definition) is 1. The van der Waals surface area contributed by atoms with Crippen molar-refractivity contribution in [2.45, 2.75) is 33.5 Å². The molecule has 2 aromatic carbocycles. The maximum absolute atomic E-state index is 13.0. The van der Waals surface area contributed by atoms with Crippen LogP contribution in [-0.2, 0) is 22.3 Å². The molecule has 0 saturated heterocycles. The molecule has 8 heteroatoms. The molecular formula is C24H23F3N2O3. The van der Waals surface area contributed by atoms with Crippen LogP contribution in [0.4, 0.5) is 18.9 Å². The van der Waals surface area contributed by atoms with Gasteiger partial charge in [-0.3, -0.25) is 4.79 Å². The van der Waals surface area contributed by atoms with Crippen molar-refractivity contribution in [1.29, 1.82) is 0 Å². The molecule has 0 aliphatic carbocycles. The Kier molecular flexibility index (Phi) is 6.72. The molecule has 0 aliphatic rings. The van der Waals surface area contributed by atoms with Gasteiger partial charge >= 0.3 is 12.1 Å². The molecule has 0 atom stereocenters. The number of ether oxygens (including phenoxy) is 1. The monoisotopic (exact) mass is 444 g/mol. The Hall–Kier alpha value is -3.55. The zero-order valence-electron chi connectivity index (χ0n) is 17.9. The van der Waals surface area contributed by atoms with Gasteiger partial charge in [-0.1, -0.05) is 36.4 Å². The lowest BCUT2D eigenvalue weighted by molar-refractivity contribution is -0.137. The van der Waals surface area contributed by atoms with Crippen LogP contribution in [0.2, 0.25) is 0 Å². The van der Waals surface area contributed by atoms with Crippen molar-refractivity contribution in [2.24, 2.45) is 0 Å². The topological polar surface area (TPSA) is 60.3 Å². The van der Waals surface area contributed by atoms with E-state index in [-0.39, 0.29) is 18.8 Å². The first-order valence-corrected chi connectivity index (χ1v) is 10.0. The van der Waals surface area contributed by atoms with Crippen LogP contribution >= 0.6 is 0 Å². The van der Waals surface area contributed by atoms with Crippen LogP contribution in [-0.4, -0.2) is 23.1 Å². The average Bonchev–Trinajstić information content (AvgIpc) is 2.98. The average molecular weight is 444 g/mol. The number of aromatic nitrogens is 1. The Balaban J connectivity index is 1.97. The van der Waals surface area contributed by atoms with Gasteiger partial charge in [-0.2, -0.15) is 13.2 Å². The molecular weight excluding hydrogens is 421 g/mol. The molecule has 5 nitrogen and oxygen atoms in total. The van der Waals surface area contributed by atoms with Gasteiger partial charge in [0.05, 0.1) is 23.4 Å². The summed E-state index contributed by atoms with van der Waals surface area (Å²) in [6, 6.07) is 13.7. The van der Waals surface area contributed by atoms with E-state index in [4.69, 9.17) is 4.74 Å². The molecule has 0 bridgehead atoms. The molecule has 3 rings (SSSR count). The molecule has 32 heavy (non-hydrogen) atoms. The van der Waals surface area contributed by atoms with Crippen LogP contribution < -0.4 is 5.32 Å². The number of carbonyl (C=O) groups is 2. The molecule has 0 saturated carbocycles. The van der Waals surface area contributed by atoms with E-state index in [9.17, 15) is 22.8 Å². The molecule has 0 unspecified atom stereocenters. The lowest BCUT2D eigenvalue weighted by Crippen LogP contribution is -2.20. The number of benzene rings is 2. The smallest absolute Gasteiger partial charge is 0.416 e. The van der Waals surface area contributed by atoms with E-state index in [1.807, 2.05) is 30.3 Å². The van der Waals surface area contributed by atoms with Crippen molar-refractivity contribution in [3.05, 3.63) is 77.0 Å². The highest BCUT2D eigenvalue weighted by molar-refractivity contribution is 5.96. The number of amides is 1. The summed E-state index contributed by atoms with van der Waals surface area (Å²) in [5, 5.41) is 2.52. The highest BCUT2D eigenvalue weighted by Crippen LogP contribution is 2.33. The van der Waals surface area contributed by atoms with Crippen molar-refractivity contribution in [1.82, 2.24) is 4.57 Å². The van der Waals surface area contributed by atoms with Gasteiger partial charge in [0.1, 0.15) is 6.54 Å². The number of anilines is 1. The molecule has 168 valence electrons. The second kappa shape index (κ2) is 9.30. The predicted molar refractivity (Wildman–Crippen MR) is 115 cm³/mol. The summed E-state index contributed by atoms with van der Waals surface area (Å²) >= 11 is 0. The molecule has 1 N–H and O–H groups in total. The Morgan fingerprint density at radius 2 is 1.72 bits per heavy atom. The van der Waals surface area contributed by atoms with Crippen LogP contribution in [0.25, 0.3) is 11.3 Å². The summed E-state index contributed by atoms with van der Waals surface area (Å²) < 4.78 is 45.8.